The van der Waals surface area contributed by atoms with Gasteiger partial charge in [0.15, 0.2) is 17.2 Å². The Morgan fingerprint density at radius 1 is 1.22 bits per heavy atom. The fraction of sp³-hybridized carbons (Fsp3) is 0.625. The summed E-state index contributed by atoms with van der Waals surface area (Å²) in [5.41, 5.74) is 1.97. The van der Waals surface area contributed by atoms with Crippen molar-refractivity contribution in [2.24, 2.45) is 28.6 Å². The molecule has 0 unspecified atom stereocenters. The van der Waals surface area contributed by atoms with Crippen LogP contribution < -0.4 is 0 Å². The highest BCUT2D eigenvalue weighted by atomic mass is 19.1. The summed E-state index contributed by atoms with van der Waals surface area (Å²) < 4.78 is 28.6. The fourth-order valence-corrected chi connectivity index (χ4v) is 9.92. The third-order valence-corrected chi connectivity index (χ3v) is 11.4. The summed E-state index contributed by atoms with van der Waals surface area (Å²) in [5.74, 6) is -1.50. The maximum Gasteiger partial charge on any atom is 0.193 e. The number of halogens is 1. The summed E-state index contributed by atoms with van der Waals surface area (Å²) in [6.45, 7) is 6.94. The van der Waals surface area contributed by atoms with Crippen molar-refractivity contribution in [2.45, 2.75) is 90.0 Å². The molecule has 4 aliphatic carbocycles. The first-order valence-corrected chi connectivity index (χ1v) is 14.8. The van der Waals surface area contributed by atoms with E-state index in [0.29, 0.717) is 24.9 Å². The summed E-state index contributed by atoms with van der Waals surface area (Å²) >= 11 is 0. The van der Waals surface area contributed by atoms with Gasteiger partial charge in [-0.1, -0.05) is 19.4 Å². The lowest BCUT2D eigenvalue weighted by molar-refractivity contribution is -0.226. The van der Waals surface area contributed by atoms with E-state index in [2.05, 4.69) is 25.0 Å². The highest BCUT2D eigenvalue weighted by Gasteiger charge is 2.76. The molecule has 0 radical (unpaired) electrons. The summed E-state index contributed by atoms with van der Waals surface area (Å²) in [4.78, 5) is 13.4. The molecule has 8 nitrogen and oxygen atoms in total. The van der Waals surface area contributed by atoms with Crippen LogP contribution in [0, 0.1) is 34.4 Å². The number of carbonyl (C=O) groups excluding carboxylic acids is 1. The number of ether oxygens (including phenoxy) is 2. The van der Waals surface area contributed by atoms with Gasteiger partial charge < -0.3 is 24.8 Å². The highest BCUT2D eigenvalue weighted by molar-refractivity contribution is 5.91. The number of ketones is 1. The molecule has 2 heterocycles. The molecule has 2 aromatic rings. The monoisotopic (exact) mass is 566 g/mol. The number of aromatic nitrogens is 2. The summed E-state index contributed by atoms with van der Waals surface area (Å²) in [7, 11) is 0. The Balaban J connectivity index is 1.25. The Labute approximate surface area is 239 Å². The summed E-state index contributed by atoms with van der Waals surface area (Å²) in [6, 6.07) is 4.65. The van der Waals surface area contributed by atoms with E-state index in [1.165, 1.54) is 11.6 Å². The molecule has 220 valence electrons. The molecule has 5 aliphatic rings. The Morgan fingerprint density at radius 2 is 2.00 bits per heavy atom. The SMILES string of the molecule is CC1(C)O[C@@H]2C[C@H]3[C@@H]4CCC5=Cc6c(cnn6-c6ccc(F)c(CO)c6)C[C@]5(C)[C@H]4[C@@H](O)C[C@]3(C)[C@]2(C(=O)CO)O1. The van der Waals surface area contributed by atoms with E-state index in [9.17, 15) is 24.5 Å². The molecular formula is C32H39FN2O6. The van der Waals surface area contributed by atoms with E-state index in [0.717, 1.165) is 24.1 Å². The predicted molar refractivity (Wildman–Crippen MR) is 147 cm³/mol. The quantitative estimate of drug-likeness (QED) is 0.517. The molecule has 1 aromatic heterocycles. The van der Waals surface area contributed by atoms with Crippen LogP contribution in [0.4, 0.5) is 4.39 Å². The molecule has 4 fully saturated rings. The minimum Gasteiger partial charge on any atom is -0.393 e. The third kappa shape index (κ3) is 3.50. The average Bonchev–Trinajstić information content (AvgIpc) is 3.52. The van der Waals surface area contributed by atoms with Crippen LogP contribution in [0.15, 0.2) is 30.0 Å². The van der Waals surface area contributed by atoms with Gasteiger partial charge >= 0.3 is 0 Å². The summed E-state index contributed by atoms with van der Waals surface area (Å²) in [5, 5.41) is 36.2. The molecule has 3 N–H and O–H groups in total. The number of allylic oxidation sites excluding steroid dienone is 1. The van der Waals surface area contributed by atoms with Gasteiger partial charge in [0.05, 0.1) is 36.4 Å². The number of aliphatic hydroxyl groups excluding tert-OH is 3. The van der Waals surface area contributed by atoms with Gasteiger partial charge in [0.2, 0.25) is 0 Å². The lowest BCUT2D eigenvalue weighted by Gasteiger charge is -2.60. The molecule has 1 saturated heterocycles. The zero-order chi connectivity index (χ0) is 29.1. The predicted octanol–water partition coefficient (Wildman–Crippen LogP) is 3.72. The Kier molecular flexibility index (Phi) is 5.88. The van der Waals surface area contributed by atoms with Gasteiger partial charge in [-0.25, -0.2) is 9.07 Å². The van der Waals surface area contributed by atoms with Gasteiger partial charge in [-0.05, 0) is 99.0 Å². The summed E-state index contributed by atoms with van der Waals surface area (Å²) in [6.07, 6.45) is 6.43. The molecule has 1 aromatic carbocycles. The smallest absolute Gasteiger partial charge is 0.193 e. The van der Waals surface area contributed by atoms with Crippen LogP contribution in [-0.2, 0) is 27.3 Å². The molecule has 0 bridgehead atoms. The molecule has 0 amide bonds. The lowest BCUT2D eigenvalue weighted by atomic mass is 9.45. The van der Waals surface area contributed by atoms with Crippen molar-refractivity contribution in [1.82, 2.24) is 9.78 Å². The van der Waals surface area contributed by atoms with Crippen molar-refractivity contribution < 1.29 is 34.0 Å². The first-order chi connectivity index (χ1) is 19.4. The minimum absolute atomic E-state index is 0.0167. The largest absolute Gasteiger partial charge is 0.393 e. The Morgan fingerprint density at radius 3 is 2.73 bits per heavy atom. The maximum atomic E-state index is 14.1. The number of aliphatic hydroxyl groups is 3. The number of carbonyl (C=O) groups is 1. The third-order valence-electron chi connectivity index (χ3n) is 11.4. The van der Waals surface area contributed by atoms with Crippen molar-refractivity contribution in [3.8, 4) is 5.69 Å². The van der Waals surface area contributed by atoms with Gasteiger partial charge in [0, 0.05) is 11.0 Å². The molecular weight excluding hydrogens is 527 g/mol. The van der Waals surface area contributed by atoms with Crippen LogP contribution in [0.5, 0.6) is 0 Å². The van der Waals surface area contributed by atoms with E-state index in [1.54, 1.807) is 16.8 Å². The lowest BCUT2D eigenvalue weighted by Crippen LogP contribution is -2.64. The van der Waals surface area contributed by atoms with E-state index >= 15 is 0 Å². The number of Topliss-reactive ketones (excluding diaryl/α,β-unsaturated/α-hetero) is 1. The molecule has 3 saturated carbocycles. The molecule has 9 heteroatoms. The Bertz CT molecular complexity index is 1470. The second-order valence-corrected chi connectivity index (χ2v) is 13.8. The van der Waals surface area contributed by atoms with Crippen molar-refractivity contribution >= 4 is 11.9 Å². The van der Waals surface area contributed by atoms with Crippen LogP contribution >= 0.6 is 0 Å². The van der Waals surface area contributed by atoms with Gasteiger partial charge in [0.1, 0.15) is 12.4 Å². The molecule has 1 aliphatic heterocycles. The zero-order valence-electron chi connectivity index (χ0n) is 24.1. The molecule has 8 atom stereocenters. The standard InChI is InChI=1S/C32H39FN2O6/c1-29(2)40-27-11-22-21-7-5-19-10-24-18(14-34-35(24)20-6-8-23(33)17(9-20)15-36)12-30(19,3)28(21)25(38)13-31(22,4)32(27,41-29)26(39)16-37/h6,8-10,14,21-22,25,27-28,36-38H,5,7,11-13,15-16H2,1-4H3/t21-,22-,25-,27+,28+,30-,31-,32+/m0/s1. The van der Waals surface area contributed by atoms with Crippen molar-refractivity contribution in [1.29, 1.82) is 0 Å². The van der Waals surface area contributed by atoms with Crippen LogP contribution in [0.1, 0.15) is 70.2 Å². The van der Waals surface area contributed by atoms with Crippen LogP contribution in [0.25, 0.3) is 11.8 Å². The minimum atomic E-state index is -1.28. The number of benzene rings is 1. The van der Waals surface area contributed by atoms with Gasteiger partial charge in [-0.15, -0.1) is 0 Å². The number of nitrogens with zero attached hydrogens (tertiary/aromatic N) is 2. The van der Waals surface area contributed by atoms with E-state index < -0.39 is 41.4 Å². The van der Waals surface area contributed by atoms with E-state index in [1.807, 2.05) is 20.0 Å². The fourth-order valence-electron chi connectivity index (χ4n) is 9.92. The van der Waals surface area contributed by atoms with E-state index in [-0.39, 0.29) is 41.1 Å². The van der Waals surface area contributed by atoms with Crippen molar-refractivity contribution in [3.63, 3.8) is 0 Å². The topological polar surface area (TPSA) is 114 Å². The van der Waals surface area contributed by atoms with Crippen LogP contribution in [0.2, 0.25) is 0 Å². The second-order valence-electron chi connectivity index (χ2n) is 13.8. The number of hydrogen-bond donors (Lipinski definition) is 3. The number of fused-ring (bicyclic) bond motifs is 8. The van der Waals surface area contributed by atoms with Gasteiger partial charge in [0.25, 0.3) is 0 Å². The first kappa shape index (κ1) is 27.4. The van der Waals surface area contributed by atoms with Gasteiger partial charge in [-0.3, -0.25) is 4.79 Å². The molecule has 7 rings (SSSR count). The Hall–Kier alpha value is -2.43. The van der Waals surface area contributed by atoms with Gasteiger partial charge in [-0.2, -0.15) is 5.10 Å². The molecule has 0 spiro atoms. The second kappa shape index (κ2) is 8.80. The van der Waals surface area contributed by atoms with Crippen LogP contribution in [-0.4, -0.2) is 61.1 Å². The first-order valence-electron chi connectivity index (χ1n) is 14.8. The van der Waals surface area contributed by atoms with Crippen molar-refractivity contribution in [3.05, 3.63) is 52.6 Å². The molecule has 41 heavy (non-hydrogen) atoms. The maximum absolute atomic E-state index is 14.1. The van der Waals surface area contributed by atoms with Crippen molar-refractivity contribution in [2.75, 3.05) is 6.61 Å². The van der Waals surface area contributed by atoms with E-state index in [4.69, 9.17) is 9.47 Å². The average molecular weight is 567 g/mol. The normalized spacial score (nSPS) is 40.2. The number of hydrogen-bond acceptors (Lipinski definition) is 7. The van der Waals surface area contributed by atoms with Crippen LogP contribution in [0.3, 0.4) is 0 Å². The zero-order valence-corrected chi connectivity index (χ0v) is 24.1. The highest BCUT2D eigenvalue weighted by Crippen LogP contribution is 2.70. The number of rotatable bonds is 4.